The molecule has 0 bridgehead atoms. The van der Waals surface area contributed by atoms with E-state index in [1.165, 1.54) is 40.7 Å². The maximum absolute atomic E-state index is 4.92. The van der Waals surface area contributed by atoms with E-state index < -0.39 is 0 Å². The van der Waals surface area contributed by atoms with Crippen molar-refractivity contribution in [2.45, 2.75) is 52.1 Å². The van der Waals surface area contributed by atoms with Crippen molar-refractivity contribution in [3.63, 3.8) is 0 Å². The maximum Gasteiger partial charge on any atom is 0.106 e. The summed E-state index contributed by atoms with van der Waals surface area (Å²) in [6.07, 6.45) is 6.42. The molecule has 4 heterocycles. The molecule has 5 rings (SSSR count). The van der Waals surface area contributed by atoms with Gasteiger partial charge in [0.25, 0.3) is 0 Å². The number of aryl methyl sites for hydroxylation is 2. The monoisotopic (exact) mass is 399 g/mol. The van der Waals surface area contributed by atoms with E-state index in [0.717, 1.165) is 43.1 Å². The van der Waals surface area contributed by atoms with Gasteiger partial charge in [0.05, 0.1) is 11.7 Å². The molecule has 5 heteroatoms. The average molecular weight is 400 g/mol. The van der Waals surface area contributed by atoms with E-state index in [-0.39, 0.29) is 6.04 Å². The second-order valence-electron chi connectivity index (χ2n) is 8.35. The Morgan fingerprint density at radius 2 is 2.00 bits per heavy atom. The highest BCUT2D eigenvalue weighted by atomic mass is 15.2. The molecule has 3 aromatic heterocycles. The maximum atomic E-state index is 4.92. The van der Waals surface area contributed by atoms with Crippen LogP contribution in [0.5, 0.6) is 0 Å². The zero-order valence-corrected chi connectivity index (χ0v) is 17.8. The Morgan fingerprint density at radius 3 is 2.87 bits per heavy atom. The van der Waals surface area contributed by atoms with Crippen molar-refractivity contribution < 1.29 is 0 Å². The summed E-state index contributed by atoms with van der Waals surface area (Å²) in [5, 5.41) is 1.34. The quantitative estimate of drug-likeness (QED) is 0.475. The minimum Gasteiger partial charge on any atom is -0.357 e. The number of H-pyrrole nitrogens is 2. The van der Waals surface area contributed by atoms with E-state index >= 15 is 0 Å². The average Bonchev–Trinajstić information content (AvgIpc) is 3.36. The number of hydrogen-bond acceptors (Lipinski definition) is 3. The number of nitrogens with one attached hydrogen (secondary N) is 2. The van der Waals surface area contributed by atoms with Gasteiger partial charge in [-0.3, -0.25) is 9.88 Å². The number of benzene rings is 1. The van der Waals surface area contributed by atoms with Crippen LogP contribution in [0.4, 0.5) is 0 Å². The van der Waals surface area contributed by atoms with Crippen molar-refractivity contribution in [2.24, 2.45) is 0 Å². The van der Waals surface area contributed by atoms with Gasteiger partial charge in [0.15, 0.2) is 0 Å². The van der Waals surface area contributed by atoms with Crippen molar-refractivity contribution in [1.82, 2.24) is 24.8 Å². The van der Waals surface area contributed by atoms with Crippen LogP contribution in [0.2, 0.25) is 0 Å². The van der Waals surface area contributed by atoms with Crippen LogP contribution >= 0.6 is 0 Å². The van der Waals surface area contributed by atoms with Gasteiger partial charge in [0.2, 0.25) is 0 Å². The molecule has 4 aromatic rings. The molecule has 154 valence electrons. The van der Waals surface area contributed by atoms with Crippen LogP contribution in [0.1, 0.15) is 60.0 Å². The smallest absolute Gasteiger partial charge is 0.106 e. The Kier molecular flexibility index (Phi) is 5.13. The number of aromatic amines is 2. The second-order valence-corrected chi connectivity index (χ2v) is 8.35. The van der Waals surface area contributed by atoms with Crippen molar-refractivity contribution in [3.05, 3.63) is 82.8 Å². The number of rotatable bonds is 6. The van der Waals surface area contributed by atoms with E-state index in [0.29, 0.717) is 0 Å². The molecule has 0 radical (unpaired) electrons. The van der Waals surface area contributed by atoms with Gasteiger partial charge >= 0.3 is 0 Å². The van der Waals surface area contributed by atoms with Gasteiger partial charge in [-0.1, -0.05) is 37.6 Å². The Labute approximate surface area is 177 Å². The van der Waals surface area contributed by atoms with E-state index in [1.54, 1.807) is 0 Å². The van der Waals surface area contributed by atoms with E-state index in [9.17, 15) is 0 Å². The Morgan fingerprint density at radius 1 is 1.10 bits per heavy atom. The summed E-state index contributed by atoms with van der Waals surface area (Å²) in [6.45, 7) is 6.12. The van der Waals surface area contributed by atoms with Crippen LogP contribution in [0.15, 0.2) is 48.7 Å². The van der Waals surface area contributed by atoms with Crippen LogP contribution in [0.3, 0.4) is 0 Å². The Bertz CT molecular complexity index is 1160. The van der Waals surface area contributed by atoms with Gasteiger partial charge < -0.3 is 9.97 Å². The zero-order valence-electron chi connectivity index (χ0n) is 17.8. The van der Waals surface area contributed by atoms with Gasteiger partial charge in [0, 0.05) is 53.7 Å². The van der Waals surface area contributed by atoms with Crippen LogP contribution in [0.25, 0.3) is 10.9 Å². The first-order chi connectivity index (χ1) is 14.7. The summed E-state index contributed by atoms with van der Waals surface area (Å²) < 4.78 is 0. The van der Waals surface area contributed by atoms with Crippen molar-refractivity contribution in [2.75, 3.05) is 6.54 Å². The number of pyridine rings is 1. The highest BCUT2D eigenvalue weighted by Gasteiger charge is 2.32. The Balaban J connectivity index is 1.52. The fraction of sp³-hybridized carbons (Fsp3) is 0.360. The summed E-state index contributed by atoms with van der Waals surface area (Å²) in [4.78, 5) is 19.3. The summed E-state index contributed by atoms with van der Waals surface area (Å²) in [5.41, 5.74) is 7.27. The lowest BCUT2D eigenvalue weighted by Crippen LogP contribution is -2.36. The Hall–Kier alpha value is -2.92. The topological polar surface area (TPSA) is 60.6 Å². The standard InChI is InChI=1S/C25H29N5/c1-3-4-12-23-26-15-18(28-23)16-30-14-13-20-19-9-5-6-10-21(19)29-24(20)25(30)22-11-7-8-17(2)27-22/h5-11,15,25,29H,3-4,12-14,16H2,1-2H3,(H,26,28)/t25-/m0/s1. The summed E-state index contributed by atoms with van der Waals surface area (Å²) in [5.74, 6) is 1.10. The number of para-hydroxylation sites is 1. The molecule has 0 unspecified atom stereocenters. The number of nitrogens with zero attached hydrogens (tertiary/aromatic N) is 3. The fourth-order valence-electron chi connectivity index (χ4n) is 4.69. The minimum absolute atomic E-state index is 0.114. The van der Waals surface area contributed by atoms with Gasteiger partial charge in [-0.2, -0.15) is 0 Å². The van der Waals surface area contributed by atoms with Crippen LogP contribution in [-0.2, 0) is 19.4 Å². The molecule has 0 saturated carbocycles. The van der Waals surface area contributed by atoms with E-state index in [1.807, 2.05) is 6.20 Å². The molecule has 1 aliphatic rings. The third kappa shape index (κ3) is 3.54. The molecule has 0 fully saturated rings. The molecule has 0 amide bonds. The lowest BCUT2D eigenvalue weighted by Gasteiger charge is -2.35. The summed E-state index contributed by atoms with van der Waals surface area (Å²) in [7, 11) is 0. The number of hydrogen-bond donors (Lipinski definition) is 2. The van der Waals surface area contributed by atoms with Crippen LogP contribution < -0.4 is 0 Å². The number of aromatic nitrogens is 4. The van der Waals surface area contributed by atoms with Gasteiger partial charge in [-0.15, -0.1) is 0 Å². The van der Waals surface area contributed by atoms with Gasteiger partial charge in [-0.05, 0) is 43.5 Å². The highest BCUT2D eigenvalue weighted by molar-refractivity contribution is 5.85. The molecule has 5 nitrogen and oxygen atoms in total. The second kappa shape index (κ2) is 8.07. The zero-order chi connectivity index (χ0) is 20.5. The summed E-state index contributed by atoms with van der Waals surface area (Å²) >= 11 is 0. The molecular formula is C25H29N5. The van der Waals surface area contributed by atoms with Crippen molar-refractivity contribution >= 4 is 10.9 Å². The lowest BCUT2D eigenvalue weighted by atomic mass is 9.94. The highest BCUT2D eigenvalue weighted by Crippen LogP contribution is 2.38. The largest absolute Gasteiger partial charge is 0.357 e. The molecule has 2 N–H and O–H groups in total. The first-order valence-corrected chi connectivity index (χ1v) is 11.0. The predicted molar refractivity (Wildman–Crippen MR) is 120 cm³/mol. The first-order valence-electron chi connectivity index (χ1n) is 11.0. The molecule has 1 atom stereocenters. The minimum atomic E-state index is 0.114. The van der Waals surface area contributed by atoms with Gasteiger partial charge in [-0.25, -0.2) is 4.98 Å². The summed E-state index contributed by atoms with van der Waals surface area (Å²) in [6, 6.07) is 15.1. The van der Waals surface area contributed by atoms with E-state index in [2.05, 4.69) is 76.2 Å². The lowest BCUT2D eigenvalue weighted by molar-refractivity contribution is 0.196. The predicted octanol–water partition coefficient (Wildman–Crippen LogP) is 5.08. The fourth-order valence-corrected chi connectivity index (χ4v) is 4.69. The number of fused-ring (bicyclic) bond motifs is 3. The van der Waals surface area contributed by atoms with Crippen molar-refractivity contribution in [3.8, 4) is 0 Å². The number of imidazole rings is 1. The molecule has 0 saturated heterocycles. The van der Waals surface area contributed by atoms with E-state index in [4.69, 9.17) is 4.98 Å². The van der Waals surface area contributed by atoms with Gasteiger partial charge in [0.1, 0.15) is 5.82 Å². The molecule has 1 aliphatic heterocycles. The molecular weight excluding hydrogens is 370 g/mol. The molecule has 1 aromatic carbocycles. The SMILES string of the molecule is CCCCc1ncc(CN2CCc3c([nH]c4ccccc34)[C@@H]2c2cccc(C)n2)[nH]1. The number of unbranched alkanes of at least 4 members (excludes halogenated alkanes) is 1. The molecule has 0 aliphatic carbocycles. The van der Waals surface area contributed by atoms with Crippen molar-refractivity contribution in [1.29, 1.82) is 0 Å². The third-order valence-electron chi connectivity index (χ3n) is 6.15. The first kappa shape index (κ1) is 19.1. The molecule has 0 spiro atoms. The molecule has 30 heavy (non-hydrogen) atoms. The normalized spacial score (nSPS) is 16.8. The van der Waals surface area contributed by atoms with Crippen LogP contribution in [0, 0.1) is 6.92 Å². The van der Waals surface area contributed by atoms with Crippen LogP contribution in [-0.4, -0.2) is 31.4 Å². The third-order valence-corrected chi connectivity index (χ3v) is 6.15.